The quantitative estimate of drug-likeness (QED) is 0.849. The van der Waals surface area contributed by atoms with Gasteiger partial charge in [-0.05, 0) is 25.5 Å². The predicted octanol–water partition coefficient (Wildman–Crippen LogP) is 1.89. The van der Waals surface area contributed by atoms with Gasteiger partial charge in [-0.25, -0.2) is 0 Å². The van der Waals surface area contributed by atoms with Crippen molar-refractivity contribution in [3.63, 3.8) is 0 Å². The Balaban J connectivity index is 0.00000225. The molecule has 0 aromatic carbocycles. The Labute approximate surface area is 109 Å². The van der Waals surface area contributed by atoms with Gasteiger partial charge in [-0.3, -0.25) is 4.79 Å². The summed E-state index contributed by atoms with van der Waals surface area (Å²) >= 11 is 1.93. The molecule has 0 saturated carbocycles. The highest BCUT2D eigenvalue weighted by atomic mass is 35.5. The van der Waals surface area contributed by atoms with E-state index in [0.717, 1.165) is 38.1 Å². The van der Waals surface area contributed by atoms with Gasteiger partial charge in [0, 0.05) is 18.8 Å². The second kappa shape index (κ2) is 7.41. The van der Waals surface area contributed by atoms with E-state index < -0.39 is 5.54 Å². The summed E-state index contributed by atoms with van der Waals surface area (Å²) in [4.78, 5) is 14.1. The maximum atomic E-state index is 12.2. The Morgan fingerprint density at radius 2 is 2.12 bits per heavy atom. The molecule has 3 nitrogen and oxygen atoms in total. The smallest absolute Gasteiger partial charge is 0.242 e. The number of amides is 1. The van der Waals surface area contributed by atoms with Crippen molar-refractivity contribution in [3.8, 4) is 0 Å². The fourth-order valence-corrected chi connectivity index (χ4v) is 2.82. The summed E-state index contributed by atoms with van der Waals surface area (Å²) in [6, 6.07) is 0. The van der Waals surface area contributed by atoms with Gasteiger partial charge < -0.3 is 10.6 Å². The van der Waals surface area contributed by atoms with Gasteiger partial charge in [0.15, 0.2) is 0 Å². The fourth-order valence-electron chi connectivity index (χ4n) is 1.94. The molecule has 0 aliphatic carbocycles. The predicted molar refractivity (Wildman–Crippen MR) is 73.3 cm³/mol. The molecule has 1 amide bonds. The number of hydrogen-bond acceptors (Lipinski definition) is 3. The molecule has 0 bridgehead atoms. The zero-order valence-electron chi connectivity index (χ0n) is 10.2. The molecule has 16 heavy (non-hydrogen) atoms. The number of thioether (sulfide) groups is 1. The molecule has 1 rings (SSSR count). The molecule has 0 radical (unpaired) electrons. The molecule has 0 spiro atoms. The number of nitrogens with two attached hydrogens (primary N) is 1. The van der Waals surface area contributed by atoms with Crippen molar-refractivity contribution in [1.29, 1.82) is 0 Å². The number of halogens is 1. The molecule has 0 aromatic heterocycles. The lowest BCUT2D eigenvalue weighted by Crippen LogP contribution is -2.53. The first kappa shape index (κ1) is 16.1. The van der Waals surface area contributed by atoms with Crippen molar-refractivity contribution in [3.05, 3.63) is 0 Å². The normalized spacial score (nSPS) is 20.6. The molecule has 0 aromatic rings. The van der Waals surface area contributed by atoms with Crippen molar-refractivity contribution in [2.24, 2.45) is 5.73 Å². The van der Waals surface area contributed by atoms with Crippen LogP contribution < -0.4 is 5.73 Å². The minimum Gasteiger partial charge on any atom is -0.340 e. The minimum absolute atomic E-state index is 0. The van der Waals surface area contributed by atoms with Gasteiger partial charge in [-0.2, -0.15) is 11.8 Å². The van der Waals surface area contributed by atoms with Crippen LogP contribution in [-0.4, -0.2) is 40.9 Å². The minimum atomic E-state index is -0.663. The molecule has 1 atom stereocenters. The maximum absolute atomic E-state index is 12.2. The SMILES string of the molecule is CCCC(C)(N)C(=O)N1CCCSCC1.Cl. The van der Waals surface area contributed by atoms with E-state index in [9.17, 15) is 4.79 Å². The van der Waals surface area contributed by atoms with E-state index in [0.29, 0.717) is 0 Å². The molecular formula is C11H23ClN2OS. The van der Waals surface area contributed by atoms with Gasteiger partial charge in [0.2, 0.25) is 5.91 Å². The summed E-state index contributed by atoms with van der Waals surface area (Å²) in [5.74, 6) is 2.35. The number of nitrogens with zero attached hydrogens (tertiary/aromatic N) is 1. The van der Waals surface area contributed by atoms with Gasteiger partial charge in [-0.15, -0.1) is 12.4 Å². The topological polar surface area (TPSA) is 46.3 Å². The summed E-state index contributed by atoms with van der Waals surface area (Å²) in [7, 11) is 0. The third-order valence-corrected chi connectivity index (χ3v) is 3.82. The second-order valence-corrected chi connectivity index (χ2v) is 5.65. The summed E-state index contributed by atoms with van der Waals surface area (Å²) in [5, 5.41) is 0. The lowest BCUT2D eigenvalue weighted by molar-refractivity contribution is -0.136. The average Bonchev–Trinajstić information content (AvgIpc) is 2.44. The Morgan fingerprint density at radius 3 is 2.75 bits per heavy atom. The van der Waals surface area contributed by atoms with Gasteiger partial charge in [0.1, 0.15) is 0 Å². The van der Waals surface area contributed by atoms with Crippen LogP contribution in [0, 0.1) is 0 Å². The summed E-state index contributed by atoms with van der Waals surface area (Å²) < 4.78 is 0. The molecule has 96 valence electrons. The molecule has 1 aliphatic heterocycles. The van der Waals surface area contributed by atoms with Crippen molar-refractivity contribution in [2.75, 3.05) is 24.6 Å². The highest BCUT2D eigenvalue weighted by Crippen LogP contribution is 2.16. The van der Waals surface area contributed by atoms with Crippen LogP contribution in [0.3, 0.4) is 0 Å². The van der Waals surface area contributed by atoms with Crippen LogP contribution in [0.15, 0.2) is 0 Å². The highest BCUT2D eigenvalue weighted by Gasteiger charge is 2.31. The van der Waals surface area contributed by atoms with Crippen molar-refractivity contribution in [1.82, 2.24) is 4.90 Å². The third kappa shape index (κ3) is 4.52. The van der Waals surface area contributed by atoms with E-state index in [1.54, 1.807) is 0 Å². The van der Waals surface area contributed by atoms with Gasteiger partial charge in [0.25, 0.3) is 0 Å². The number of carbonyl (C=O) groups is 1. The Bertz CT molecular complexity index is 216. The summed E-state index contributed by atoms with van der Waals surface area (Å²) in [6.45, 7) is 5.66. The molecule has 1 unspecified atom stereocenters. The average molecular weight is 267 g/mol. The van der Waals surface area contributed by atoms with E-state index in [1.165, 1.54) is 5.75 Å². The monoisotopic (exact) mass is 266 g/mol. The standard InChI is InChI=1S/C11H22N2OS.ClH/c1-3-5-11(2,12)10(14)13-6-4-8-15-9-7-13;/h3-9,12H2,1-2H3;1H. The van der Waals surface area contributed by atoms with Crippen LogP contribution in [0.4, 0.5) is 0 Å². The Morgan fingerprint density at radius 1 is 1.44 bits per heavy atom. The lowest BCUT2D eigenvalue weighted by atomic mass is 9.95. The number of hydrogen-bond donors (Lipinski definition) is 1. The zero-order valence-corrected chi connectivity index (χ0v) is 11.8. The number of carbonyl (C=O) groups excluding carboxylic acids is 1. The Kier molecular flexibility index (Phi) is 7.44. The van der Waals surface area contributed by atoms with Gasteiger partial charge >= 0.3 is 0 Å². The molecule has 1 heterocycles. The molecule has 5 heteroatoms. The summed E-state index contributed by atoms with van der Waals surface area (Å²) in [6.07, 6.45) is 2.83. The third-order valence-electron chi connectivity index (χ3n) is 2.77. The van der Waals surface area contributed by atoms with E-state index in [4.69, 9.17) is 5.73 Å². The van der Waals surface area contributed by atoms with Crippen LogP contribution in [0.5, 0.6) is 0 Å². The number of rotatable bonds is 3. The van der Waals surface area contributed by atoms with Gasteiger partial charge in [0.05, 0.1) is 5.54 Å². The van der Waals surface area contributed by atoms with Crippen molar-refractivity contribution in [2.45, 2.75) is 38.6 Å². The second-order valence-electron chi connectivity index (χ2n) is 4.43. The van der Waals surface area contributed by atoms with Crippen LogP contribution in [0.2, 0.25) is 0 Å². The van der Waals surface area contributed by atoms with E-state index >= 15 is 0 Å². The first-order chi connectivity index (χ1) is 7.08. The Hall–Kier alpha value is 0.0700. The van der Waals surface area contributed by atoms with Crippen molar-refractivity contribution < 1.29 is 4.79 Å². The van der Waals surface area contributed by atoms with Gasteiger partial charge in [-0.1, -0.05) is 13.3 Å². The molecule has 1 fully saturated rings. The van der Waals surface area contributed by atoms with E-state index in [1.807, 2.05) is 23.6 Å². The highest BCUT2D eigenvalue weighted by molar-refractivity contribution is 7.99. The zero-order chi connectivity index (χ0) is 11.3. The van der Waals surface area contributed by atoms with Crippen LogP contribution in [0.1, 0.15) is 33.1 Å². The molecule has 1 saturated heterocycles. The molecular weight excluding hydrogens is 244 g/mol. The molecule has 1 aliphatic rings. The largest absolute Gasteiger partial charge is 0.340 e. The van der Waals surface area contributed by atoms with E-state index in [-0.39, 0.29) is 18.3 Å². The van der Waals surface area contributed by atoms with Crippen LogP contribution in [0.25, 0.3) is 0 Å². The van der Waals surface area contributed by atoms with Crippen molar-refractivity contribution >= 4 is 30.1 Å². The van der Waals surface area contributed by atoms with Crippen LogP contribution >= 0.6 is 24.2 Å². The fraction of sp³-hybridized carbons (Fsp3) is 0.909. The first-order valence-corrected chi connectivity index (χ1v) is 6.89. The molecule has 2 N–H and O–H groups in total. The summed E-state index contributed by atoms with van der Waals surface area (Å²) in [5.41, 5.74) is 5.39. The van der Waals surface area contributed by atoms with Crippen LogP contribution in [-0.2, 0) is 4.79 Å². The maximum Gasteiger partial charge on any atom is 0.242 e. The first-order valence-electron chi connectivity index (χ1n) is 5.74. The van der Waals surface area contributed by atoms with E-state index in [2.05, 4.69) is 6.92 Å². The lowest BCUT2D eigenvalue weighted by Gasteiger charge is -2.30.